The minimum absolute atomic E-state index is 0.113. The number of hydrogen-bond acceptors (Lipinski definition) is 5. The number of pyridine rings is 1. The zero-order valence-corrected chi connectivity index (χ0v) is 12.7. The second-order valence-electron chi connectivity index (χ2n) is 4.97. The smallest absolute Gasteiger partial charge is 0.180 e. The molecular weight excluding hydrogens is 276 g/mol. The van der Waals surface area contributed by atoms with Crippen LogP contribution in [0.4, 0.5) is 5.82 Å². The first-order valence-corrected chi connectivity index (χ1v) is 7.33. The molecule has 0 aliphatic rings. The van der Waals surface area contributed by atoms with Gasteiger partial charge >= 0.3 is 0 Å². The lowest BCUT2D eigenvalue weighted by Crippen LogP contribution is -2.08. The Labute approximate surface area is 129 Å². The topological polar surface area (TPSA) is 59.9 Å². The van der Waals surface area contributed by atoms with Gasteiger partial charge in [0.2, 0.25) is 0 Å². The van der Waals surface area contributed by atoms with E-state index in [0.717, 1.165) is 22.6 Å². The van der Waals surface area contributed by atoms with Crippen molar-refractivity contribution >= 4 is 17.0 Å². The van der Waals surface area contributed by atoms with E-state index in [-0.39, 0.29) is 6.04 Å². The maximum absolute atomic E-state index is 5.54. The molecule has 2 aromatic heterocycles. The molecule has 3 rings (SSSR count). The van der Waals surface area contributed by atoms with Crippen molar-refractivity contribution in [2.75, 3.05) is 11.9 Å². The van der Waals surface area contributed by atoms with Crippen molar-refractivity contribution in [2.45, 2.75) is 19.9 Å². The summed E-state index contributed by atoms with van der Waals surface area (Å²) >= 11 is 0. The van der Waals surface area contributed by atoms with Crippen LogP contribution >= 0.6 is 0 Å². The fourth-order valence-corrected chi connectivity index (χ4v) is 2.28. The molecule has 0 bridgehead atoms. The number of rotatable bonds is 5. The monoisotopic (exact) mass is 294 g/mol. The van der Waals surface area contributed by atoms with Crippen molar-refractivity contribution in [1.29, 1.82) is 0 Å². The van der Waals surface area contributed by atoms with Crippen LogP contribution in [0.5, 0.6) is 5.75 Å². The van der Waals surface area contributed by atoms with Crippen LogP contribution < -0.4 is 10.1 Å². The molecule has 5 heteroatoms. The summed E-state index contributed by atoms with van der Waals surface area (Å²) in [5.41, 5.74) is 2.58. The van der Waals surface area contributed by atoms with Crippen LogP contribution in [0, 0.1) is 0 Å². The molecule has 0 spiro atoms. The van der Waals surface area contributed by atoms with E-state index in [2.05, 4.69) is 33.3 Å². The molecule has 1 aromatic carbocycles. The molecule has 3 aromatic rings. The Morgan fingerprint density at radius 3 is 2.86 bits per heavy atom. The molecule has 5 nitrogen and oxygen atoms in total. The van der Waals surface area contributed by atoms with Crippen LogP contribution in [0.3, 0.4) is 0 Å². The largest absolute Gasteiger partial charge is 0.494 e. The highest BCUT2D eigenvalue weighted by Gasteiger charge is 2.08. The highest BCUT2D eigenvalue weighted by Crippen LogP contribution is 2.22. The number of hydrogen-bond donors (Lipinski definition) is 1. The van der Waals surface area contributed by atoms with Gasteiger partial charge in [0.1, 0.15) is 17.1 Å². The predicted octanol–water partition coefficient (Wildman–Crippen LogP) is 3.60. The van der Waals surface area contributed by atoms with Crippen molar-refractivity contribution < 1.29 is 4.74 Å². The molecule has 0 amide bonds. The van der Waals surface area contributed by atoms with E-state index < -0.39 is 0 Å². The lowest BCUT2D eigenvalue weighted by Gasteiger charge is -2.16. The van der Waals surface area contributed by atoms with Gasteiger partial charge in [-0.2, -0.15) is 0 Å². The Hall–Kier alpha value is -2.69. The first-order chi connectivity index (χ1) is 10.8. The van der Waals surface area contributed by atoms with E-state index >= 15 is 0 Å². The van der Waals surface area contributed by atoms with Gasteiger partial charge in [-0.15, -0.1) is 0 Å². The number of anilines is 1. The van der Waals surface area contributed by atoms with Gasteiger partial charge < -0.3 is 10.1 Å². The van der Waals surface area contributed by atoms with Gasteiger partial charge in [0.15, 0.2) is 5.65 Å². The Kier molecular flexibility index (Phi) is 4.14. The van der Waals surface area contributed by atoms with Crippen LogP contribution in [-0.4, -0.2) is 21.6 Å². The quantitative estimate of drug-likeness (QED) is 0.779. The van der Waals surface area contributed by atoms with Crippen LogP contribution in [0.15, 0.2) is 48.8 Å². The van der Waals surface area contributed by atoms with E-state index in [1.165, 1.54) is 0 Å². The average Bonchev–Trinajstić information content (AvgIpc) is 2.55. The van der Waals surface area contributed by atoms with Gasteiger partial charge in [-0.3, -0.25) is 4.98 Å². The minimum atomic E-state index is 0.113. The third-order valence-electron chi connectivity index (χ3n) is 3.37. The third kappa shape index (κ3) is 3.14. The normalized spacial score (nSPS) is 12.1. The van der Waals surface area contributed by atoms with Gasteiger partial charge in [-0.25, -0.2) is 9.97 Å². The van der Waals surface area contributed by atoms with Crippen molar-refractivity contribution in [3.05, 3.63) is 54.4 Å². The van der Waals surface area contributed by atoms with E-state index in [1.807, 2.05) is 37.3 Å². The third-order valence-corrected chi connectivity index (χ3v) is 3.37. The van der Waals surface area contributed by atoms with E-state index in [0.29, 0.717) is 12.3 Å². The number of fused-ring (bicyclic) bond motifs is 1. The standard InChI is InChI=1S/C17H18N4O/c1-3-22-14-6-4-5-13(11-14)12(2)20-16-8-7-15-17(21-16)19-10-9-18-15/h4-12H,3H2,1-2H3,(H,19,20,21). The van der Waals surface area contributed by atoms with Crippen molar-refractivity contribution in [1.82, 2.24) is 15.0 Å². The first kappa shape index (κ1) is 14.3. The molecule has 1 unspecified atom stereocenters. The molecule has 1 N–H and O–H groups in total. The van der Waals surface area contributed by atoms with Gasteiger partial charge in [0, 0.05) is 12.4 Å². The second kappa shape index (κ2) is 6.39. The fourth-order valence-electron chi connectivity index (χ4n) is 2.28. The fraction of sp³-hybridized carbons (Fsp3) is 0.235. The van der Waals surface area contributed by atoms with E-state index in [9.17, 15) is 0 Å². The lowest BCUT2D eigenvalue weighted by atomic mass is 10.1. The summed E-state index contributed by atoms with van der Waals surface area (Å²) in [5, 5.41) is 3.39. The van der Waals surface area contributed by atoms with Gasteiger partial charge in [-0.1, -0.05) is 12.1 Å². The van der Waals surface area contributed by atoms with E-state index in [4.69, 9.17) is 4.74 Å². The SMILES string of the molecule is CCOc1cccc(C(C)Nc2ccc3nccnc3n2)c1. The minimum Gasteiger partial charge on any atom is -0.494 e. The molecule has 22 heavy (non-hydrogen) atoms. The molecule has 2 heterocycles. The van der Waals surface area contributed by atoms with Crippen LogP contribution in [0.2, 0.25) is 0 Å². The van der Waals surface area contributed by atoms with Gasteiger partial charge in [0.05, 0.1) is 12.6 Å². The Morgan fingerprint density at radius 2 is 2.00 bits per heavy atom. The summed E-state index contributed by atoms with van der Waals surface area (Å²) in [6, 6.07) is 12.0. The molecule has 112 valence electrons. The lowest BCUT2D eigenvalue weighted by molar-refractivity contribution is 0.340. The van der Waals surface area contributed by atoms with Crippen molar-refractivity contribution in [3.8, 4) is 5.75 Å². The molecule has 0 fully saturated rings. The first-order valence-electron chi connectivity index (χ1n) is 7.33. The summed E-state index contributed by atoms with van der Waals surface area (Å²) in [4.78, 5) is 12.9. The Morgan fingerprint density at radius 1 is 1.14 bits per heavy atom. The summed E-state index contributed by atoms with van der Waals surface area (Å²) in [6.07, 6.45) is 3.31. The number of benzene rings is 1. The summed E-state index contributed by atoms with van der Waals surface area (Å²) in [6.45, 7) is 4.73. The molecule has 0 radical (unpaired) electrons. The van der Waals surface area contributed by atoms with Gasteiger partial charge in [-0.05, 0) is 43.7 Å². The highest BCUT2D eigenvalue weighted by atomic mass is 16.5. The molecule has 0 aliphatic carbocycles. The molecule has 0 aliphatic heterocycles. The average molecular weight is 294 g/mol. The van der Waals surface area contributed by atoms with Crippen molar-refractivity contribution in [2.24, 2.45) is 0 Å². The molecule has 0 saturated heterocycles. The number of aromatic nitrogens is 3. The number of nitrogens with zero attached hydrogens (tertiary/aromatic N) is 3. The molecule has 0 saturated carbocycles. The summed E-state index contributed by atoms with van der Waals surface area (Å²) in [7, 11) is 0. The highest BCUT2D eigenvalue weighted by molar-refractivity contribution is 5.71. The van der Waals surface area contributed by atoms with Crippen molar-refractivity contribution in [3.63, 3.8) is 0 Å². The zero-order valence-electron chi connectivity index (χ0n) is 12.7. The maximum Gasteiger partial charge on any atom is 0.180 e. The predicted molar refractivity (Wildman–Crippen MR) is 87.0 cm³/mol. The van der Waals surface area contributed by atoms with Crippen LogP contribution in [0.25, 0.3) is 11.2 Å². The summed E-state index contributed by atoms with van der Waals surface area (Å²) in [5.74, 6) is 1.66. The zero-order chi connectivity index (χ0) is 15.4. The Balaban J connectivity index is 1.80. The number of ether oxygens (including phenoxy) is 1. The molecule has 1 atom stereocenters. The second-order valence-corrected chi connectivity index (χ2v) is 4.97. The number of nitrogens with one attached hydrogen (secondary N) is 1. The molecular formula is C17H18N4O. The summed E-state index contributed by atoms with van der Waals surface area (Å²) < 4.78 is 5.54. The van der Waals surface area contributed by atoms with Crippen LogP contribution in [-0.2, 0) is 0 Å². The van der Waals surface area contributed by atoms with E-state index in [1.54, 1.807) is 12.4 Å². The Bertz CT molecular complexity index is 775. The van der Waals surface area contributed by atoms with Crippen LogP contribution in [0.1, 0.15) is 25.5 Å². The van der Waals surface area contributed by atoms with Gasteiger partial charge in [0.25, 0.3) is 0 Å². The maximum atomic E-state index is 5.54.